The van der Waals surface area contributed by atoms with Crippen LogP contribution in [0, 0.1) is 0 Å². The molecule has 2 atom stereocenters. The first-order chi connectivity index (χ1) is 11.5. The molecule has 24 heavy (non-hydrogen) atoms. The van der Waals surface area contributed by atoms with Crippen LogP contribution in [0.1, 0.15) is 56.2 Å². The predicted molar refractivity (Wildman–Crippen MR) is 102 cm³/mol. The van der Waals surface area contributed by atoms with Crippen LogP contribution in [-0.2, 0) is 11.0 Å². The van der Waals surface area contributed by atoms with Gasteiger partial charge in [-0.1, -0.05) is 56.3 Å². The van der Waals surface area contributed by atoms with Gasteiger partial charge in [-0.25, -0.2) is 0 Å². The van der Waals surface area contributed by atoms with Crippen LogP contribution in [-0.4, -0.2) is 15.6 Å². The Kier molecular flexibility index (Phi) is 3.07. The molecule has 2 saturated heterocycles. The van der Waals surface area contributed by atoms with Crippen molar-refractivity contribution in [3.8, 4) is 11.1 Å². The van der Waals surface area contributed by atoms with E-state index >= 15 is 0 Å². The minimum atomic E-state index is -0.628. The summed E-state index contributed by atoms with van der Waals surface area (Å²) in [7, 11) is 0. The Labute approximate surface area is 148 Å². The highest BCUT2D eigenvalue weighted by Gasteiger charge is 2.45. The smallest absolute Gasteiger partial charge is 0.0917 e. The summed E-state index contributed by atoms with van der Waals surface area (Å²) in [6, 6.07) is 15.5. The van der Waals surface area contributed by atoms with E-state index in [2.05, 4.69) is 68.1 Å². The van der Waals surface area contributed by atoms with Crippen LogP contribution >= 0.6 is 11.8 Å². The Morgan fingerprint density at radius 3 is 2.33 bits per heavy atom. The summed E-state index contributed by atoms with van der Waals surface area (Å²) in [6.07, 6.45) is 4.39. The topological polar surface area (TPSA) is 20.2 Å². The summed E-state index contributed by atoms with van der Waals surface area (Å²) in [5.41, 5.74) is 6.01. The van der Waals surface area contributed by atoms with E-state index in [0.717, 1.165) is 18.4 Å². The second-order valence-corrected chi connectivity index (χ2v) is 9.93. The van der Waals surface area contributed by atoms with E-state index in [1.807, 2.05) is 0 Å². The molecule has 1 N–H and O–H groups in total. The molecule has 2 aromatic rings. The lowest BCUT2D eigenvalue weighted by molar-refractivity contribution is 0.0195. The summed E-state index contributed by atoms with van der Waals surface area (Å²) in [5, 5.41) is 12.7. The third-order valence-corrected chi connectivity index (χ3v) is 8.02. The number of rotatable bonds is 1. The molecule has 124 valence electrons. The molecule has 2 fully saturated rings. The predicted octanol–water partition coefficient (Wildman–Crippen LogP) is 5.24. The van der Waals surface area contributed by atoms with Crippen molar-refractivity contribution in [3.05, 3.63) is 59.2 Å². The highest BCUT2D eigenvalue weighted by Crippen LogP contribution is 2.53. The fourth-order valence-corrected chi connectivity index (χ4v) is 6.98. The fraction of sp³-hybridized carbons (Fsp3) is 0.455. The lowest BCUT2D eigenvalue weighted by Gasteiger charge is -2.37. The maximum atomic E-state index is 11.4. The van der Waals surface area contributed by atoms with E-state index in [9.17, 15) is 5.11 Å². The SMILES string of the molecule is CC1(C)c2ccccc2-c2ccc(C3(O)CC4CCC(C3)S4)cc21. The van der Waals surface area contributed by atoms with Gasteiger partial charge in [-0.15, -0.1) is 0 Å². The zero-order valence-corrected chi connectivity index (χ0v) is 15.2. The van der Waals surface area contributed by atoms with E-state index in [0.29, 0.717) is 10.5 Å². The van der Waals surface area contributed by atoms with E-state index in [4.69, 9.17) is 0 Å². The first-order valence-electron chi connectivity index (χ1n) is 9.10. The average molecular weight is 336 g/mol. The van der Waals surface area contributed by atoms with Crippen LogP contribution in [0.15, 0.2) is 42.5 Å². The lowest BCUT2D eigenvalue weighted by atomic mass is 9.79. The van der Waals surface area contributed by atoms with Crippen LogP contribution in [0.4, 0.5) is 0 Å². The van der Waals surface area contributed by atoms with Crippen molar-refractivity contribution in [1.82, 2.24) is 0 Å². The van der Waals surface area contributed by atoms with E-state index in [-0.39, 0.29) is 5.41 Å². The summed E-state index contributed by atoms with van der Waals surface area (Å²) >= 11 is 2.10. The van der Waals surface area contributed by atoms with Crippen molar-refractivity contribution < 1.29 is 5.11 Å². The van der Waals surface area contributed by atoms with Gasteiger partial charge in [0, 0.05) is 15.9 Å². The van der Waals surface area contributed by atoms with Crippen molar-refractivity contribution in [2.24, 2.45) is 0 Å². The van der Waals surface area contributed by atoms with Crippen molar-refractivity contribution in [3.63, 3.8) is 0 Å². The van der Waals surface area contributed by atoms with Crippen molar-refractivity contribution in [2.45, 2.75) is 61.0 Å². The molecule has 0 spiro atoms. The zero-order chi connectivity index (χ0) is 16.5. The standard InChI is InChI=1S/C22H24OS/c1-21(2)19-6-4-3-5-17(19)18-10-7-14(11-20(18)21)22(23)12-15-8-9-16(13-22)24-15/h3-7,10-11,15-16,23H,8-9,12-13H2,1-2H3. The summed E-state index contributed by atoms with van der Waals surface area (Å²) in [5.74, 6) is 0. The van der Waals surface area contributed by atoms with Crippen molar-refractivity contribution in [1.29, 1.82) is 0 Å². The third-order valence-electron chi connectivity index (χ3n) is 6.45. The number of fused-ring (bicyclic) bond motifs is 5. The van der Waals surface area contributed by atoms with Gasteiger partial charge in [-0.2, -0.15) is 11.8 Å². The van der Waals surface area contributed by atoms with E-state index < -0.39 is 5.60 Å². The van der Waals surface area contributed by atoms with Crippen LogP contribution in [0.2, 0.25) is 0 Å². The van der Waals surface area contributed by atoms with E-state index in [1.54, 1.807) is 0 Å². The first-order valence-corrected chi connectivity index (χ1v) is 10.0. The van der Waals surface area contributed by atoms with Gasteiger partial charge in [0.25, 0.3) is 0 Å². The number of thioether (sulfide) groups is 1. The van der Waals surface area contributed by atoms with Gasteiger partial charge >= 0.3 is 0 Å². The molecule has 2 bridgehead atoms. The molecule has 2 unspecified atom stereocenters. The quantitative estimate of drug-likeness (QED) is 0.768. The maximum absolute atomic E-state index is 11.4. The number of hydrogen-bond acceptors (Lipinski definition) is 2. The normalized spacial score (nSPS) is 32.5. The minimum Gasteiger partial charge on any atom is -0.385 e. The average Bonchev–Trinajstić information content (AvgIpc) is 3.03. The molecule has 2 aromatic carbocycles. The Balaban J connectivity index is 1.62. The number of hydrogen-bond donors (Lipinski definition) is 1. The number of aliphatic hydroxyl groups is 1. The molecule has 0 saturated carbocycles. The Morgan fingerprint density at radius 2 is 1.58 bits per heavy atom. The summed E-state index contributed by atoms with van der Waals surface area (Å²) in [6.45, 7) is 4.62. The molecule has 1 aliphatic carbocycles. The van der Waals surface area contributed by atoms with Gasteiger partial charge in [-0.3, -0.25) is 0 Å². The zero-order valence-electron chi connectivity index (χ0n) is 14.4. The molecular weight excluding hydrogens is 312 g/mol. The van der Waals surface area contributed by atoms with Gasteiger partial charge in [0.2, 0.25) is 0 Å². The van der Waals surface area contributed by atoms with E-state index in [1.165, 1.54) is 35.1 Å². The fourth-order valence-electron chi connectivity index (χ4n) is 5.15. The second kappa shape index (κ2) is 4.89. The highest BCUT2D eigenvalue weighted by molar-refractivity contribution is 8.00. The molecule has 0 radical (unpaired) electrons. The third kappa shape index (κ3) is 1.99. The molecule has 1 nitrogen and oxygen atoms in total. The van der Waals surface area contributed by atoms with Gasteiger partial charge in [0.1, 0.15) is 0 Å². The van der Waals surface area contributed by atoms with Gasteiger partial charge < -0.3 is 5.11 Å². The van der Waals surface area contributed by atoms with Crippen molar-refractivity contribution in [2.75, 3.05) is 0 Å². The number of benzene rings is 2. The minimum absolute atomic E-state index is 0.0146. The molecule has 2 aliphatic heterocycles. The molecule has 3 aliphatic rings. The van der Waals surface area contributed by atoms with Gasteiger partial charge in [-0.05, 0) is 53.5 Å². The van der Waals surface area contributed by atoms with Gasteiger partial charge in [0.05, 0.1) is 5.60 Å². The van der Waals surface area contributed by atoms with Crippen LogP contribution in [0.3, 0.4) is 0 Å². The van der Waals surface area contributed by atoms with Crippen molar-refractivity contribution >= 4 is 11.8 Å². The molecule has 0 amide bonds. The maximum Gasteiger partial charge on any atom is 0.0917 e. The lowest BCUT2D eigenvalue weighted by Crippen LogP contribution is -2.35. The highest BCUT2D eigenvalue weighted by atomic mass is 32.2. The molecule has 2 heteroatoms. The first kappa shape index (κ1) is 15.0. The Hall–Kier alpha value is -1.25. The summed E-state index contributed by atoms with van der Waals surface area (Å²) in [4.78, 5) is 0. The summed E-state index contributed by atoms with van der Waals surface area (Å²) < 4.78 is 0. The molecule has 2 heterocycles. The molecular formula is C22H24OS. The molecule has 5 rings (SSSR count). The Bertz CT molecular complexity index is 810. The molecule has 0 aromatic heterocycles. The monoisotopic (exact) mass is 336 g/mol. The van der Waals surface area contributed by atoms with Crippen LogP contribution in [0.25, 0.3) is 11.1 Å². The Morgan fingerprint density at radius 1 is 0.917 bits per heavy atom. The largest absolute Gasteiger partial charge is 0.385 e. The van der Waals surface area contributed by atoms with Crippen LogP contribution < -0.4 is 0 Å². The second-order valence-electron chi connectivity index (χ2n) is 8.33. The van der Waals surface area contributed by atoms with Gasteiger partial charge in [0.15, 0.2) is 0 Å². The van der Waals surface area contributed by atoms with Crippen LogP contribution in [0.5, 0.6) is 0 Å².